The van der Waals surface area contributed by atoms with Gasteiger partial charge in [-0.25, -0.2) is 8.78 Å². The van der Waals surface area contributed by atoms with E-state index in [2.05, 4.69) is 25.9 Å². The first kappa shape index (κ1) is 15.6. The fourth-order valence-electron chi connectivity index (χ4n) is 2.50. The highest BCUT2D eigenvalue weighted by Crippen LogP contribution is 2.39. The van der Waals surface area contributed by atoms with Crippen molar-refractivity contribution in [1.29, 1.82) is 0 Å². The summed E-state index contributed by atoms with van der Waals surface area (Å²) in [5.74, 6) is -3.39. The van der Waals surface area contributed by atoms with Crippen LogP contribution < -0.4 is 5.32 Å². The molecule has 1 atom stereocenters. The number of hydrogen-bond acceptors (Lipinski definition) is 5. The van der Waals surface area contributed by atoms with Crippen molar-refractivity contribution in [3.8, 4) is 0 Å². The molecule has 23 heavy (non-hydrogen) atoms. The zero-order chi connectivity index (χ0) is 16.4. The molecule has 1 saturated heterocycles. The minimum absolute atomic E-state index is 0.0771. The van der Waals surface area contributed by atoms with Crippen LogP contribution in [0.1, 0.15) is 18.3 Å². The Kier molecular flexibility index (Phi) is 4.12. The molecule has 10 heteroatoms. The van der Waals surface area contributed by atoms with Crippen molar-refractivity contribution in [1.82, 2.24) is 25.5 Å². The van der Waals surface area contributed by atoms with Gasteiger partial charge in [0, 0.05) is 6.42 Å². The fraction of sp³-hybridized carbons (Fsp3) is 0.385. The van der Waals surface area contributed by atoms with E-state index < -0.39 is 30.8 Å². The number of para-hydroxylation sites is 1. The monoisotopic (exact) mass is 342 g/mol. The maximum atomic E-state index is 13.7. The molecule has 7 nitrogen and oxygen atoms in total. The van der Waals surface area contributed by atoms with E-state index in [9.17, 15) is 13.6 Å². The van der Waals surface area contributed by atoms with Crippen LogP contribution >= 0.6 is 11.6 Å². The molecule has 0 radical (unpaired) electrons. The number of tetrazole rings is 1. The molecule has 1 aliphatic rings. The molecule has 0 spiro atoms. The Balaban J connectivity index is 1.71. The smallest absolute Gasteiger partial charge is 0.267 e. The summed E-state index contributed by atoms with van der Waals surface area (Å²) in [5.41, 5.74) is 0.560. The summed E-state index contributed by atoms with van der Waals surface area (Å²) in [7, 11) is 0. The molecule has 122 valence electrons. The Labute approximate surface area is 135 Å². The number of aromatic amines is 1. The van der Waals surface area contributed by atoms with Gasteiger partial charge < -0.3 is 10.2 Å². The molecule has 1 aliphatic heterocycles. The molecule has 0 bridgehead atoms. The number of nitrogens with one attached hydrogen (secondary N) is 2. The highest BCUT2D eigenvalue weighted by molar-refractivity contribution is 6.33. The molecule has 1 aromatic heterocycles. The lowest BCUT2D eigenvalue weighted by Crippen LogP contribution is -2.37. The minimum atomic E-state index is -2.98. The third-order valence-electron chi connectivity index (χ3n) is 3.55. The lowest BCUT2D eigenvalue weighted by molar-refractivity contribution is -0.131. The van der Waals surface area contributed by atoms with Gasteiger partial charge in [-0.2, -0.15) is 5.21 Å². The van der Waals surface area contributed by atoms with Gasteiger partial charge in [0.15, 0.2) is 5.82 Å². The highest BCUT2D eigenvalue weighted by Gasteiger charge is 2.49. The number of carbonyl (C=O) groups excluding carboxylic acids is 1. The number of amides is 1. The number of aromatic nitrogens is 4. The summed E-state index contributed by atoms with van der Waals surface area (Å²) in [4.78, 5) is 13.4. The van der Waals surface area contributed by atoms with E-state index in [1.807, 2.05) is 0 Å². The third kappa shape index (κ3) is 3.39. The Morgan fingerprint density at radius 1 is 1.48 bits per heavy atom. The molecule has 2 heterocycles. The number of anilines is 1. The number of likely N-dealkylation sites (tertiary alicyclic amines) is 1. The number of hydrogen-bond donors (Lipinski definition) is 2. The van der Waals surface area contributed by atoms with E-state index in [0.717, 1.165) is 4.90 Å². The first-order chi connectivity index (χ1) is 11.0. The van der Waals surface area contributed by atoms with E-state index in [-0.39, 0.29) is 12.4 Å². The predicted octanol–water partition coefficient (Wildman–Crippen LogP) is 1.87. The number of benzene rings is 1. The van der Waals surface area contributed by atoms with E-state index >= 15 is 0 Å². The van der Waals surface area contributed by atoms with E-state index in [4.69, 9.17) is 11.6 Å². The number of halogens is 3. The van der Waals surface area contributed by atoms with Crippen LogP contribution in [0.2, 0.25) is 5.02 Å². The molecule has 1 aromatic carbocycles. The molecule has 1 amide bonds. The largest absolute Gasteiger partial charge is 0.375 e. The minimum Gasteiger partial charge on any atom is -0.375 e. The van der Waals surface area contributed by atoms with Crippen LogP contribution in [0.5, 0.6) is 0 Å². The van der Waals surface area contributed by atoms with Crippen LogP contribution in [0.4, 0.5) is 14.5 Å². The van der Waals surface area contributed by atoms with Gasteiger partial charge in [0.2, 0.25) is 5.91 Å². The highest BCUT2D eigenvalue weighted by atomic mass is 35.5. The first-order valence-corrected chi connectivity index (χ1v) is 7.23. The molecule has 0 aliphatic carbocycles. The van der Waals surface area contributed by atoms with Crippen molar-refractivity contribution in [2.75, 3.05) is 18.4 Å². The summed E-state index contributed by atoms with van der Waals surface area (Å²) in [6.45, 7) is -0.830. The molecule has 2 aromatic rings. The topological polar surface area (TPSA) is 86.8 Å². The standard InChI is InChI=1S/C13H13ClF2N6O/c14-8-3-1-2-4-9(8)17-6-11(23)22-7-13(15,16)5-10(22)12-18-20-21-19-12/h1-4,10,17H,5-7H2,(H,18,19,20,21). The zero-order valence-corrected chi connectivity index (χ0v) is 12.6. The number of nitrogens with zero attached hydrogens (tertiary/aromatic N) is 4. The van der Waals surface area contributed by atoms with Crippen molar-refractivity contribution in [2.45, 2.75) is 18.4 Å². The van der Waals surface area contributed by atoms with Crippen LogP contribution in [0.25, 0.3) is 0 Å². The van der Waals surface area contributed by atoms with Crippen LogP contribution in [0.3, 0.4) is 0 Å². The lowest BCUT2D eigenvalue weighted by Gasteiger charge is -2.22. The molecule has 1 unspecified atom stereocenters. The average Bonchev–Trinajstić information content (AvgIpc) is 3.13. The van der Waals surface area contributed by atoms with Crippen molar-refractivity contribution in [3.63, 3.8) is 0 Å². The van der Waals surface area contributed by atoms with Crippen molar-refractivity contribution in [3.05, 3.63) is 35.1 Å². The van der Waals surface area contributed by atoms with Gasteiger partial charge >= 0.3 is 0 Å². The second-order valence-electron chi connectivity index (χ2n) is 5.20. The summed E-state index contributed by atoms with van der Waals surface area (Å²) >= 11 is 5.98. The van der Waals surface area contributed by atoms with Crippen molar-refractivity contribution in [2.24, 2.45) is 0 Å². The normalized spacial score (nSPS) is 19.8. The van der Waals surface area contributed by atoms with E-state index in [1.165, 1.54) is 0 Å². The van der Waals surface area contributed by atoms with Gasteiger partial charge in [0.25, 0.3) is 5.92 Å². The molecule has 3 rings (SSSR count). The van der Waals surface area contributed by atoms with Crippen LogP contribution in [0.15, 0.2) is 24.3 Å². The third-order valence-corrected chi connectivity index (χ3v) is 3.88. The Hall–Kier alpha value is -2.29. The first-order valence-electron chi connectivity index (χ1n) is 6.85. The number of alkyl halides is 2. The summed E-state index contributed by atoms with van der Waals surface area (Å²) in [6, 6.07) is 5.98. The molecule has 0 saturated carbocycles. The predicted molar refractivity (Wildman–Crippen MR) is 78.1 cm³/mol. The van der Waals surface area contributed by atoms with Crippen LogP contribution in [-0.2, 0) is 4.79 Å². The Morgan fingerprint density at radius 2 is 2.26 bits per heavy atom. The van der Waals surface area contributed by atoms with Gasteiger partial charge in [-0.05, 0) is 12.1 Å². The van der Waals surface area contributed by atoms with E-state index in [1.54, 1.807) is 24.3 Å². The zero-order valence-electron chi connectivity index (χ0n) is 11.8. The summed E-state index contributed by atoms with van der Waals surface area (Å²) in [5, 5.41) is 16.3. The number of H-pyrrole nitrogens is 1. The average molecular weight is 343 g/mol. The van der Waals surface area contributed by atoms with Gasteiger partial charge in [0.05, 0.1) is 23.8 Å². The van der Waals surface area contributed by atoms with Crippen LogP contribution in [-0.4, -0.2) is 50.4 Å². The molecular formula is C13H13ClF2N6O. The second-order valence-corrected chi connectivity index (χ2v) is 5.61. The van der Waals surface area contributed by atoms with Gasteiger partial charge in [0.1, 0.15) is 6.04 Å². The maximum absolute atomic E-state index is 13.7. The molecule has 2 N–H and O–H groups in total. The van der Waals surface area contributed by atoms with Crippen LogP contribution in [0, 0.1) is 0 Å². The number of carbonyl (C=O) groups is 1. The Morgan fingerprint density at radius 3 is 2.96 bits per heavy atom. The second kappa shape index (κ2) is 6.07. The lowest BCUT2D eigenvalue weighted by atomic mass is 10.2. The fourth-order valence-corrected chi connectivity index (χ4v) is 2.70. The quantitative estimate of drug-likeness (QED) is 0.885. The molecular weight excluding hydrogens is 330 g/mol. The summed E-state index contributed by atoms with van der Waals surface area (Å²) < 4.78 is 27.4. The van der Waals surface area contributed by atoms with Crippen molar-refractivity contribution < 1.29 is 13.6 Å². The van der Waals surface area contributed by atoms with E-state index in [0.29, 0.717) is 10.7 Å². The number of rotatable bonds is 4. The SMILES string of the molecule is O=C(CNc1ccccc1Cl)N1CC(F)(F)CC1c1nn[nH]n1. The van der Waals surface area contributed by atoms with Gasteiger partial charge in [-0.15, -0.1) is 10.2 Å². The van der Waals surface area contributed by atoms with Gasteiger partial charge in [-0.1, -0.05) is 28.9 Å². The maximum Gasteiger partial charge on any atom is 0.267 e. The summed E-state index contributed by atoms with van der Waals surface area (Å²) in [6.07, 6.45) is -0.523. The van der Waals surface area contributed by atoms with Gasteiger partial charge in [-0.3, -0.25) is 4.79 Å². The molecule has 1 fully saturated rings. The van der Waals surface area contributed by atoms with Crippen molar-refractivity contribution >= 4 is 23.2 Å². The Bertz CT molecular complexity index is 696.